The highest BCUT2D eigenvalue weighted by atomic mass is 32.2. The second-order valence-electron chi connectivity index (χ2n) is 11.7. The number of benzene rings is 3. The van der Waals surface area contributed by atoms with E-state index in [1.807, 2.05) is 24.3 Å². The fourth-order valence-electron chi connectivity index (χ4n) is 5.74. The van der Waals surface area contributed by atoms with Gasteiger partial charge in [0, 0.05) is 24.6 Å². The van der Waals surface area contributed by atoms with E-state index in [1.165, 1.54) is 25.3 Å². The van der Waals surface area contributed by atoms with Crippen molar-refractivity contribution >= 4 is 27.4 Å². The summed E-state index contributed by atoms with van der Waals surface area (Å²) >= 11 is 0. The SMILES string of the molecule is CC(=O)O[C@@H](CCC1C(=O)N(c2ccc(CCCCS(C)(=O)=O)cc2)[C@@H]1c1ccc(C(O)(CO)CO)cc1)c1ccc(F)cc1. The summed E-state index contributed by atoms with van der Waals surface area (Å²) in [6.45, 7) is -0.0332. The maximum Gasteiger partial charge on any atom is 0.303 e. The Morgan fingerprint density at radius 1 is 0.978 bits per heavy atom. The molecule has 3 aromatic rings. The van der Waals surface area contributed by atoms with Gasteiger partial charge in [0.15, 0.2) is 0 Å². The number of aliphatic hydroxyl groups excluding tert-OH is 2. The Kier molecular flexibility index (Phi) is 11.1. The molecule has 0 spiro atoms. The highest BCUT2D eigenvalue weighted by molar-refractivity contribution is 7.90. The first-order valence-corrected chi connectivity index (χ1v) is 17.0. The van der Waals surface area contributed by atoms with Crippen LogP contribution >= 0.6 is 0 Å². The van der Waals surface area contributed by atoms with Crippen molar-refractivity contribution in [1.29, 1.82) is 0 Å². The lowest BCUT2D eigenvalue weighted by Gasteiger charge is -2.48. The number of unbranched alkanes of at least 4 members (excludes halogenated alkanes) is 1. The summed E-state index contributed by atoms with van der Waals surface area (Å²) in [5, 5.41) is 29.8. The molecule has 11 heteroatoms. The molecule has 0 bridgehead atoms. The van der Waals surface area contributed by atoms with Crippen LogP contribution < -0.4 is 4.90 Å². The van der Waals surface area contributed by atoms with Crippen LogP contribution in [0.25, 0.3) is 0 Å². The van der Waals surface area contributed by atoms with Crippen LogP contribution in [0.5, 0.6) is 0 Å². The zero-order valence-electron chi connectivity index (χ0n) is 25.4. The minimum Gasteiger partial charge on any atom is -0.458 e. The number of amides is 1. The molecule has 0 saturated carbocycles. The number of esters is 1. The lowest BCUT2D eigenvalue weighted by molar-refractivity contribution is -0.147. The van der Waals surface area contributed by atoms with E-state index in [2.05, 4.69) is 0 Å². The molecule has 1 fully saturated rings. The molecule has 4 rings (SSSR count). The number of nitrogens with zero attached hydrogens (tertiary/aromatic N) is 1. The van der Waals surface area contributed by atoms with E-state index in [0.717, 1.165) is 17.5 Å². The van der Waals surface area contributed by atoms with Crippen LogP contribution in [0.1, 0.15) is 67.0 Å². The van der Waals surface area contributed by atoms with Gasteiger partial charge in [-0.15, -0.1) is 0 Å². The van der Waals surface area contributed by atoms with Gasteiger partial charge in [-0.1, -0.05) is 48.5 Å². The summed E-state index contributed by atoms with van der Waals surface area (Å²) in [4.78, 5) is 27.2. The lowest BCUT2D eigenvalue weighted by Crippen LogP contribution is -2.55. The quantitative estimate of drug-likeness (QED) is 0.128. The van der Waals surface area contributed by atoms with Gasteiger partial charge >= 0.3 is 5.97 Å². The largest absolute Gasteiger partial charge is 0.458 e. The number of β-lactam (4-membered cyclic amide) rings is 1. The van der Waals surface area contributed by atoms with Gasteiger partial charge in [-0.3, -0.25) is 9.59 Å². The van der Waals surface area contributed by atoms with Gasteiger partial charge in [0.05, 0.1) is 25.2 Å². The van der Waals surface area contributed by atoms with E-state index in [9.17, 15) is 37.7 Å². The molecule has 0 radical (unpaired) electrons. The number of halogens is 1. The molecular formula is C34H40FNO8S. The van der Waals surface area contributed by atoms with Gasteiger partial charge < -0.3 is 25.0 Å². The first kappa shape index (κ1) is 34.2. The van der Waals surface area contributed by atoms with E-state index < -0.39 is 58.5 Å². The molecule has 1 saturated heterocycles. The van der Waals surface area contributed by atoms with Crippen molar-refractivity contribution in [2.24, 2.45) is 5.92 Å². The van der Waals surface area contributed by atoms with Crippen molar-refractivity contribution in [3.05, 3.63) is 101 Å². The first-order valence-electron chi connectivity index (χ1n) is 14.9. The predicted molar refractivity (Wildman–Crippen MR) is 167 cm³/mol. The predicted octanol–water partition coefficient (Wildman–Crippen LogP) is 4.15. The Bertz CT molecular complexity index is 1560. The molecule has 1 heterocycles. The smallest absolute Gasteiger partial charge is 0.303 e. The highest BCUT2D eigenvalue weighted by Crippen LogP contribution is 2.47. The summed E-state index contributed by atoms with van der Waals surface area (Å²) < 4.78 is 41.9. The summed E-state index contributed by atoms with van der Waals surface area (Å²) in [6, 6.07) is 19.6. The van der Waals surface area contributed by atoms with Crippen molar-refractivity contribution in [2.45, 2.75) is 56.8 Å². The standard InChI is InChI=1S/C34H40FNO8S/c1-23(39)44-31(25-10-14-28(35)15-11-25)19-18-30-32(26-8-12-27(13-9-26)34(41,21-37)22-38)36(33(30)40)29-16-6-24(7-17-29)5-3-4-20-45(2,42)43/h6-17,30-32,37-38,41H,3-5,18-22H2,1-2H3/t30?,31-,32+/m0/s1. The average Bonchev–Trinajstić information content (AvgIpc) is 3.01. The molecule has 0 aromatic heterocycles. The maximum absolute atomic E-state index is 13.7. The van der Waals surface area contributed by atoms with Crippen LogP contribution in [0.4, 0.5) is 10.1 Å². The van der Waals surface area contributed by atoms with E-state index in [-0.39, 0.29) is 11.7 Å². The van der Waals surface area contributed by atoms with E-state index in [4.69, 9.17) is 4.74 Å². The highest BCUT2D eigenvalue weighted by Gasteiger charge is 2.48. The van der Waals surface area contributed by atoms with Crippen molar-refractivity contribution in [3.8, 4) is 0 Å². The minimum absolute atomic E-state index is 0.118. The molecule has 242 valence electrons. The molecule has 45 heavy (non-hydrogen) atoms. The summed E-state index contributed by atoms with van der Waals surface area (Å²) in [5.41, 5.74) is 1.62. The molecule has 1 unspecified atom stereocenters. The molecule has 3 N–H and O–H groups in total. The van der Waals surface area contributed by atoms with Gasteiger partial charge in [0.2, 0.25) is 5.91 Å². The Morgan fingerprint density at radius 3 is 2.16 bits per heavy atom. The molecule has 3 aromatic carbocycles. The lowest BCUT2D eigenvalue weighted by atomic mass is 9.77. The third-order valence-corrected chi connectivity index (χ3v) is 9.29. The van der Waals surface area contributed by atoms with Crippen LogP contribution in [-0.2, 0) is 36.2 Å². The number of carbonyl (C=O) groups excluding carboxylic acids is 2. The zero-order valence-corrected chi connectivity index (χ0v) is 26.2. The van der Waals surface area contributed by atoms with Crippen LogP contribution in [0.3, 0.4) is 0 Å². The number of aryl methyl sites for hydroxylation is 1. The summed E-state index contributed by atoms with van der Waals surface area (Å²) in [5.74, 6) is -1.35. The Balaban J connectivity index is 1.57. The molecule has 0 aliphatic carbocycles. The summed E-state index contributed by atoms with van der Waals surface area (Å²) in [7, 11) is -3.01. The average molecular weight is 642 g/mol. The molecular weight excluding hydrogens is 601 g/mol. The minimum atomic E-state index is -3.01. The number of hydrogen-bond donors (Lipinski definition) is 3. The van der Waals surface area contributed by atoms with Gasteiger partial charge in [0.1, 0.15) is 27.4 Å². The van der Waals surface area contributed by atoms with E-state index in [0.29, 0.717) is 42.5 Å². The number of sulfone groups is 1. The third-order valence-electron chi connectivity index (χ3n) is 8.26. The summed E-state index contributed by atoms with van der Waals surface area (Å²) in [6.07, 6.45) is 3.24. The number of aliphatic hydroxyl groups is 3. The Hall–Kier alpha value is -3.64. The van der Waals surface area contributed by atoms with Gasteiger partial charge in [-0.25, -0.2) is 12.8 Å². The van der Waals surface area contributed by atoms with Crippen molar-refractivity contribution in [1.82, 2.24) is 0 Å². The van der Waals surface area contributed by atoms with E-state index in [1.54, 1.807) is 41.3 Å². The molecule has 1 aliphatic heterocycles. The van der Waals surface area contributed by atoms with Crippen molar-refractivity contribution in [2.75, 3.05) is 30.1 Å². The number of anilines is 1. The number of ether oxygens (including phenoxy) is 1. The molecule has 1 aliphatic rings. The molecule has 1 amide bonds. The Labute approximate surface area is 263 Å². The molecule has 3 atom stereocenters. The Morgan fingerprint density at radius 2 is 1.60 bits per heavy atom. The first-order chi connectivity index (χ1) is 21.3. The number of hydrogen-bond acceptors (Lipinski definition) is 8. The van der Waals surface area contributed by atoms with Gasteiger partial charge in [-0.05, 0) is 78.6 Å². The zero-order chi connectivity index (χ0) is 32.8. The second kappa shape index (κ2) is 14.6. The number of carbonyl (C=O) groups is 2. The fraction of sp³-hybridized carbons (Fsp3) is 0.412. The van der Waals surface area contributed by atoms with Crippen molar-refractivity contribution < 1.29 is 42.5 Å². The molecule has 9 nitrogen and oxygen atoms in total. The van der Waals surface area contributed by atoms with Crippen LogP contribution in [0, 0.1) is 11.7 Å². The van der Waals surface area contributed by atoms with Gasteiger partial charge in [0.25, 0.3) is 0 Å². The van der Waals surface area contributed by atoms with Crippen LogP contribution in [0.15, 0.2) is 72.8 Å². The van der Waals surface area contributed by atoms with Crippen molar-refractivity contribution in [3.63, 3.8) is 0 Å². The maximum atomic E-state index is 13.7. The van der Waals surface area contributed by atoms with E-state index >= 15 is 0 Å². The van der Waals surface area contributed by atoms with Gasteiger partial charge in [-0.2, -0.15) is 0 Å². The van der Waals surface area contributed by atoms with Crippen LogP contribution in [-0.4, -0.2) is 60.8 Å². The van der Waals surface area contributed by atoms with Crippen LogP contribution in [0.2, 0.25) is 0 Å². The second-order valence-corrected chi connectivity index (χ2v) is 14.0. The topological polar surface area (TPSA) is 141 Å². The normalized spacial score (nSPS) is 17.6. The number of rotatable bonds is 15. The third kappa shape index (κ3) is 8.55. The fourth-order valence-corrected chi connectivity index (χ4v) is 6.47. The monoisotopic (exact) mass is 641 g/mol.